The van der Waals surface area contributed by atoms with Gasteiger partial charge in [-0.15, -0.1) is 11.3 Å². The summed E-state index contributed by atoms with van der Waals surface area (Å²) in [6.07, 6.45) is 0.875. The predicted molar refractivity (Wildman–Crippen MR) is 68.5 cm³/mol. The number of nitrogens with one attached hydrogen (secondary N) is 1. The summed E-state index contributed by atoms with van der Waals surface area (Å²) in [7, 11) is 0. The van der Waals surface area contributed by atoms with E-state index in [1.54, 1.807) is 11.3 Å². The Kier molecular flexibility index (Phi) is 4.50. The van der Waals surface area contributed by atoms with E-state index in [1.807, 2.05) is 32.2 Å². The minimum atomic E-state index is -0.448. The molecule has 0 saturated carbocycles. The molecule has 1 atom stereocenters. The molecule has 0 aliphatic heterocycles. The highest BCUT2D eigenvalue weighted by molar-refractivity contribution is 7.09. The van der Waals surface area contributed by atoms with Gasteiger partial charge in [0.2, 0.25) is 5.91 Å². The lowest BCUT2D eigenvalue weighted by atomic mass is 9.87. The number of rotatable bonds is 4. The first-order chi connectivity index (χ1) is 7.41. The second-order valence-electron chi connectivity index (χ2n) is 4.96. The Hall–Kier alpha value is -0.870. The Labute approximate surface area is 101 Å². The molecule has 1 aromatic heterocycles. The van der Waals surface area contributed by atoms with Gasteiger partial charge < -0.3 is 11.1 Å². The largest absolute Gasteiger partial charge is 0.354 e. The first kappa shape index (κ1) is 13.2. The highest BCUT2D eigenvalue weighted by Gasteiger charge is 2.26. The van der Waals surface area contributed by atoms with Crippen molar-refractivity contribution >= 4 is 17.2 Å². The van der Waals surface area contributed by atoms with Gasteiger partial charge in [-0.05, 0) is 23.3 Å². The van der Waals surface area contributed by atoms with Gasteiger partial charge in [0.15, 0.2) is 0 Å². The number of amides is 1. The van der Waals surface area contributed by atoms with Gasteiger partial charge in [0.25, 0.3) is 0 Å². The number of hydrogen-bond donors (Lipinski definition) is 2. The molecule has 0 radical (unpaired) electrons. The third kappa shape index (κ3) is 3.94. The zero-order valence-electron chi connectivity index (χ0n) is 10.1. The monoisotopic (exact) mass is 240 g/mol. The number of carbonyl (C=O) groups excluding carboxylic acids is 1. The first-order valence-electron chi connectivity index (χ1n) is 5.47. The Morgan fingerprint density at radius 1 is 1.56 bits per heavy atom. The molecule has 0 aliphatic carbocycles. The second-order valence-corrected chi connectivity index (χ2v) is 6.00. The lowest BCUT2D eigenvalue weighted by molar-refractivity contribution is -0.124. The van der Waals surface area contributed by atoms with E-state index in [0.29, 0.717) is 6.54 Å². The van der Waals surface area contributed by atoms with E-state index in [4.69, 9.17) is 5.73 Å². The van der Waals surface area contributed by atoms with Gasteiger partial charge in [0, 0.05) is 11.4 Å². The highest BCUT2D eigenvalue weighted by atomic mass is 32.1. The maximum atomic E-state index is 11.7. The molecular weight excluding hydrogens is 220 g/mol. The van der Waals surface area contributed by atoms with Crippen molar-refractivity contribution in [2.45, 2.75) is 33.2 Å². The Bertz CT molecular complexity index is 327. The zero-order valence-corrected chi connectivity index (χ0v) is 10.9. The molecule has 1 aromatic rings. The fourth-order valence-electron chi connectivity index (χ4n) is 1.27. The number of hydrogen-bond acceptors (Lipinski definition) is 3. The molecule has 0 aromatic carbocycles. The van der Waals surface area contributed by atoms with E-state index in [-0.39, 0.29) is 11.3 Å². The van der Waals surface area contributed by atoms with Gasteiger partial charge in [-0.3, -0.25) is 4.79 Å². The summed E-state index contributed by atoms with van der Waals surface area (Å²) in [6.45, 7) is 6.56. The molecule has 16 heavy (non-hydrogen) atoms. The van der Waals surface area contributed by atoms with Crippen LogP contribution in [0.2, 0.25) is 0 Å². The molecule has 1 amide bonds. The van der Waals surface area contributed by atoms with E-state index in [9.17, 15) is 4.79 Å². The van der Waals surface area contributed by atoms with Crippen LogP contribution in [0.15, 0.2) is 17.5 Å². The summed E-state index contributed by atoms with van der Waals surface area (Å²) in [6, 6.07) is 3.64. The van der Waals surface area contributed by atoms with Crippen molar-refractivity contribution in [1.82, 2.24) is 5.32 Å². The molecule has 0 saturated heterocycles. The van der Waals surface area contributed by atoms with Crippen molar-refractivity contribution in [2.75, 3.05) is 6.54 Å². The van der Waals surface area contributed by atoms with Gasteiger partial charge in [0.1, 0.15) is 0 Å². The van der Waals surface area contributed by atoms with Crippen molar-refractivity contribution < 1.29 is 4.79 Å². The minimum Gasteiger partial charge on any atom is -0.354 e. The average Bonchev–Trinajstić information content (AvgIpc) is 2.67. The lowest BCUT2D eigenvalue weighted by Gasteiger charge is -2.25. The lowest BCUT2D eigenvalue weighted by Crippen LogP contribution is -2.48. The average molecular weight is 240 g/mol. The van der Waals surface area contributed by atoms with Crippen LogP contribution >= 0.6 is 11.3 Å². The molecule has 3 N–H and O–H groups in total. The third-order valence-electron chi connectivity index (χ3n) is 2.47. The summed E-state index contributed by atoms with van der Waals surface area (Å²) >= 11 is 1.71. The predicted octanol–water partition coefficient (Wildman–Crippen LogP) is 1.78. The molecule has 0 aliphatic rings. The maximum absolute atomic E-state index is 11.7. The van der Waals surface area contributed by atoms with Crippen LogP contribution in [0.4, 0.5) is 0 Å². The van der Waals surface area contributed by atoms with E-state index in [0.717, 1.165) is 6.42 Å². The summed E-state index contributed by atoms with van der Waals surface area (Å²) in [5.74, 6) is -0.0657. The van der Waals surface area contributed by atoms with Gasteiger partial charge in [-0.1, -0.05) is 26.8 Å². The fourth-order valence-corrected chi connectivity index (χ4v) is 1.98. The Morgan fingerprint density at radius 3 is 2.75 bits per heavy atom. The van der Waals surface area contributed by atoms with Gasteiger partial charge in [-0.25, -0.2) is 0 Å². The second kappa shape index (κ2) is 5.46. The molecule has 4 heteroatoms. The van der Waals surface area contributed by atoms with Crippen LogP contribution in [0.1, 0.15) is 25.6 Å². The van der Waals surface area contributed by atoms with E-state index in [1.165, 1.54) is 4.88 Å². The molecule has 1 heterocycles. The topological polar surface area (TPSA) is 55.1 Å². The zero-order chi connectivity index (χ0) is 12.2. The van der Waals surface area contributed by atoms with Crippen LogP contribution in [0, 0.1) is 5.41 Å². The van der Waals surface area contributed by atoms with Crippen LogP contribution < -0.4 is 11.1 Å². The maximum Gasteiger partial charge on any atom is 0.237 e. The standard InChI is InChI=1S/C12H20N2OS/c1-12(2,3)10(13)11(15)14-7-6-9-5-4-8-16-9/h4-5,8,10H,6-7,13H2,1-3H3,(H,14,15)/t10-/m0/s1. The van der Waals surface area contributed by atoms with Crippen molar-refractivity contribution in [2.24, 2.45) is 11.1 Å². The summed E-state index contributed by atoms with van der Waals surface area (Å²) in [4.78, 5) is 13.0. The van der Waals surface area contributed by atoms with Gasteiger partial charge in [0.05, 0.1) is 6.04 Å². The summed E-state index contributed by atoms with van der Waals surface area (Å²) < 4.78 is 0. The smallest absolute Gasteiger partial charge is 0.237 e. The van der Waals surface area contributed by atoms with Crippen LogP contribution in [-0.2, 0) is 11.2 Å². The number of carbonyl (C=O) groups is 1. The summed E-state index contributed by atoms with van der Waals surface area (Å²) in [5, 5.41) is 4.91. The first-order valence-corrected chi connectivity index (χ1v) is 6.35. The molecule has 1 rings (SSSR count). The van der Waals surface area contributed by atoms with Crippen molar-refractivity contribution in [3.63, 3.8) is 0 Å². The van der Waals surface area contributed by atoms with E-state index in [2.05, 4.69) is 11.4 Å². The van der Waals surface area contributed by atoms with E-state index < -0.39 is 6.04 Å². The van der Waals surface area contributed by atoms with Crippen LogP contribution in [0.25, 0.3) is 0 Å². The quantitative estimate of drug-likeness (QED) is 0.843. The molecule has 0 spiro atoms. The van der Waals surface area contributed by atoms with Crippen LogP contribution in [0.5, 0.6) is 0 Å². The molecule has 90 valence electrons. The SMILES string of the molecule is CC(C)(C)[C@@H](N)C(=O)NCCc1cccs1. The third-order valence-corrected chi connectivity index (χ3v) is 3.40. The molecule has 0 bridgehead atoms. The van der Waals surface area contributed by atoms with Crippen LogP contribution in [-0.4, -0.2) is 18.5 Å². The van der Waals surface area contributed by atoms with E-state index >= 15 is 0 Å². The number of nitrogens with two attached hydrogens (primary N) is 1. The van der Waals surface area contributed by atoms with Gasteiger partial charge >= 0.3 is 0 Å². The fraction of sp³-hybridized carbons (Fsp3) is 0.583. The molecule has 0 fully saturated rings. The van der Waals surface area contributed by atoms with Crippen LogP contribution in [0.3, 0.4) is 0 Å². The molecular formula is C12H20N2OS. The summed E-state index contributed by atoms with van der Waals surface area (Å²) in [5.41, 5.74) is 5.66. The number of thiophene rings is 1. The highest BCUT2D eigenvalue weighted by Crippen LogP contribution is 2.17. The van der Waals surface area contributed by atoms with Crippen molar-refractivity contribution in [3.05, 3.63) is 22.4 Å². The molecule has 0 unspecified atom stereocenters. The molecule has 3 nitrogen and oxygen atoms in total. The minimum absolute atomic E-state index is 0.0657. The Morgan fingerprint density at radius 2 is 2.25 bits per heavy atom. The van der Waals surface area contributed by atoms with Crippen molar-refractivity contribution in [3.8, 4) is 0 Å². The van der Waals surface area contributed by atoms with Crippen molar-refractivity contribution in [1.29, 1.82) is 0 Å². The normalized spacial score (nSPS) is 13.5. The Balaban J connectivity index is 2.30. The van der Waals surface area contributed by atoms with Gasteiger partial charge in [-0.2, -0.15) is 0 Å².